The number of rotatable bonds is 3. The number of halogens is 2. The van der Waals surface area contributed by atoms with Crippen LogP contribution in [0.25, 0.3) is 16.9 Å². The summed E-state index contributed by atoms with van der Waals surface area (Å²) in [5.41, 5.74) is 2.00. The fraction of sp³-hybridized carbons (Fsp3) is 0.0769. The predicted octanol–water partition coefficient (Wildman–Crippen LogP) is 4.40. The monoisotopic (exact) mass is 309 g/mol. The number of hydrogen-bond acceptors (Lipinski definition) is 3. The van der Waals surface area contributed by atoms with Crippen molar-refractivity contribution in [1.29, 1.82) is 0 Å². The molecule has 3 rings (SSSR count). The first-order chi connectivity index (χ1) is 9.66. The summed E-state index contributed by atoms with van der Waals surface area (Å²) in [6.45, 7) is 0. The smallest absolute Gasteiger partial charge is 0.288 e. The van der Waals surface area contributed by atoms with Crippen molar-refractivity contribution < 1.29 is 8.78 Å². The van der Waals surface area contributed by atoms with Gasteiger partial charge in [0, 0.05) is 11.1 Å². The fourth-order valence-electron chi connectivity index (χ4n) is 2.00. The molecule has 0 saturated carbocycles. The molecule has 20 heavy (non-hydrogen) atoms. The van der Waals surface area contributed by atoms with E-state index in [-0.39, 0.29) is 0 Å². The molecule has 7 heteroatoms. The van der Waals surface area contributed by atoms with Crippen molar-refractivity contribution in [3.63, 3.8) is 0 Å². The SMILES string of the molecule is FC(F)Sc1ccccc1-n1c(=S)[nH]c2cccnc21. The van der Waals surface area contributed by atoms with Gasteiger partial charge in [-0.1, -0.05) is 23.9 Å². The number of alkyl halides is 2. The summed E-state index contributed by atoms with van der Waals surface area (Å²) in [7, 11) is 0. The van der Waals surface area contributed by atoms with Gasteiger partial charge >= 0.3 is 0 Å². The first-order valence-corrected chi connectivity index (χ1v) is 7.05. The highest BCUT2D eigenvalue weighted by atomic mass is 32.2. The second-order valence-corrected chi connectivity index (χ2v) is 5.40. The Morgan fingerprint density at radius 2 is 2.00 bits per heavy atom. The molecule has 0 radical (unpaired) electrons. The third kappa shape index (κ3) is 2.34. The second-order valence-electron chi connectivity index (χ2n) is 3.99. The third-order valence-electron chi connectivity index (χ3n) is 2.77. The summed E-state index contributed by atoms with van der Waals surface area (Å²) in [5, 5.41) is 0. The number of aromatic amines is 1. The molecule has 1 N–H and O–H groups in total. The maximum atomic E-state index is 12.7. The first kappa shape index (κ1) is 13.3. The van der Waals surface area contributed by atoms with Crippen LogP contribution in [-0.2, 0) is 0 Å². The van der Waals surface area contributed by atoms with Gasteiger partial charge < -0.3 is 4.98 Å². The molecular formula is C13H9F2N3S2. The van der Waals surface area contributed by atoms with Crippen molar-refractivity contribution in [1.82, 2.24) is 14.5 Å². The molecule has 0 saturated heterocycles. The molecule has 0 bridgehead atoms. The lowest BCUT2D eigenvalue weighted by molar-refractivity contribution is 0.252. The zero-order valence-electron chi connectivity index (χ0n) is 10.1. The average molecular weight is 309 g/mol. The van der Waals surface area contributed by atoms with Crippen LogP contribution in [0.5, 0.6) is 0 Å². The van der Waals surface area contributed by atoms with Crippen LogP contribution < -0.4 is 0 Å². The standard InChI is InChI=1S/C13H9F2N3S2/c14-12(15)20-10-6-2-1-5-9(10)18-11-8(17-13(18)19)4-3-7-16-11/h1-7,12H,(H,17,19). The lowest BCUT2D eigenvalue weighted by Gasteiger charge is -2.09. The quantitative estimate of drug-likeness (QED) is 0.575. The zero-order chi connectivity index (χ0) is 14.1. The van der Waals surface area contributed by atoms with Gasteiger partial charge in [-0.2, -0.15) is 8.78 Å². The van der Waals surface area contributed by atoms with E-state index in [4.69, 9.17) is 12.2 Å². The minimum Gasteiger partial charge on any atom is -0.329 e. The number of aromatic nitrogens is 3. The van der Waals surface area contributed by atoms with E-state index in [0.29, 0.717) is 32.8 Å². The van der Waals surface area contributed by atoms with Crippen LogP contribution in [0, 0.1) is 4.77 Å². The van der Waals surface area contributed by atoms with E-state index in [0.717, 1.165) is 5.52 Å². The number of H-pyrrole nitrogens is 1. The number of imidazole rings is 1. The van der Waals surface area contributed by atoms with E-state index in [1.165, 1.54) is 0 Å². The molecule has 1 aromatic carbocycles. The summed E-state index contributed by atoms with van der Waals surface area (Å²) in [6, 6.07) is 10.5. The number of para-hydroxylation sites is 1. The second kappa shape index (κ2) is 5.34. The maximum absolute atomic E-state index is 12.7. The lowest BCUT2D eigenvalue weighted by Crippen LogP contribution is -1.98. The minimum atomic E-state index is -2.48. The fourth-order valence-corrected chi connectivity index (χ4v) is 2.92. The molecule has 2 aromatic heterocycles. The molecule has 0 atom stereocenters. The Kier molecular flexibility index (Phi) is 3.54. The molecule has 0 aliphatic carbocycles. The normalized spacial score (nSPS) is 11.3. The highest BCUT2D eigenvalue weighted by molar-refractivity contribution is 7.99. The largest absolute Gasteiger partial charge is 0.329 e. The van der Waals surface area contributed by atoms with Gasteiger partial charge in [0.1, 0.15) is 0 Å². The van der Waals surface area contributed by atoms with Crippen LogP contribution in [0.4, 0.5) is 8.78 Å². The van der Waals surface area contributed by atoms with Crippen molar-refractivity contribution in [2.24, 2.45) is 0 Å². The van der Waals surface area contributed by atoms with Crippen molar-refractivity contribution in [2.75, 3.05) is 0 Å². The van der Waals surface area contributed by atoms with Gasteiger partial charge in [0.25, 0.3) is 5.76 Å². The first-order valence-electron chi connectivity index (χ1n) is 5.77. The molecule has 0 aliphatic rings. The molecule has 0 fully saturated rings. The van der Waals surface area contributed by atoms with E-state index in [2.05, 4.69) is 9.97 Å². The van der Waals surface area contributed by atoms with Crippen LogP contribution in [0.1, 0.15) is 0 Å². The average Bonchev–Trinajstić information content (AvgIpc) is 2.75. The number of pyridine rings is 1. The summed E-state index contributed by atoms with van der Waals surface area (Å²) in [4.78, 5) is 7.75. The Hall–Kier alpha value is -1.73. The van der Waals surface area contributed by atoms with Gasteiger partial charge in [-0.15, -0.1) is 0 Å². The van der Waals surface area contributed by atoms with Crippen molar-refractivity contribution in [3.8, 4) is 5.69 Å². The van der Waals surface area contributed by atoms with E-state index in [1.54, 1.807) is 41.1 Å². The molecule has 3 aromatic rings. The summed E-state index contributed by atoms with van der Waals surface area (Å²) in [6.07, 6.45) is 1.64. The summed E-state index contributed by atoms with van der Waals surface area (Å²) in [5.74, 6) is -2.48. The number of benzene rings is 1. The van der Waals surface area contributed by atoms with Crippen LogP contribution in [0.3, 0.4) is 0 Å². The van der Waals surface area contributed by atoms with Gasteiger partial charge in [0.15, 0.2) is 10.4 Å². The Balaban J connectivity index is 2.26. The molecule has 102 valence electrons. The highest BCUT2D eigenvalue weighted by Gasteiger charge is 2.14. The third-order valence-corrected chi connectivity index (χ3v) is 3.83. The topological polar surface area (TPSA) is 33.6 Å². The van der Waals surface area contributed by atoms with E-state index >= 15 is 0 Å². The summed E-state index contributed by atoms with van der Waals surface area (Å²) >= 11 is 5.78. The number of thioether (sulfide) groups is 1. The van der Waals surface area contributed by atoms with Crippen molar-refractivity contribution in [2.45, 2.75) is 10.7 Å². The number of hydrogen-bond donors (Lipinski definition) is 1. The number of nitrogens with one attached hydrogen (secondary N) is 1. The minimum absolute atomic E-state index is 0.431. The Labute approximate surface area is 122 Å². The Morgan fingerprint density at radius 3 is 2.80 bits per heavy atom. The predicted molar refractivity (Wildman–Crippen MR) is 78.1 cm³/mol. The molecule has 0 aliphatic heterocycles. The molecule has 0 unspecified atom stereocenters. The van der Waals surface area contributed by atoms with E-state index in [9.17, 15) is 8.78 Å². The van der Waals surface area contributed by atoms with Crippen molar-refractivity contribution in [3.05, 3.63) is 47.4 Å². The Bertz CT molecular complexity index is 810. The van der Waals surface area contributed by atoms with Gasteiger partial charge in [-0.25, -0.2) is 4.98 Å². The van der Waals surface area contributed by atoms with Gasteiger partial charge in [0.05, 0.1) is 11.2 Å². The number of fused-ring (bicyclic) bond motifs is 1. The summed E-state index contributed by atoms with van der Waals surface area (Å²) < 4.78 is 27.4. The van der Waals surface area contributed by atoms with Crippen molar-refractivity contribution >= 4 is 35.1 Å². The molecule has 2 heterocycles. The lowest BCUT2D eigenvalue weighted by atomic mass is 10.3. The van der Waals surface area contributed by atoms with E-state index in [1.807, 2.05) is 6.07 Å². The molecule has 3 nitrogen and oxygen atoms in total. The van der Waals surface area contributed by atoms with Crippen LogP contribution in [0.15, 0.2) is 47.5 Å². The number of nitrogens with zero attached hydrogens (tertiary/aromatic N) is 2. The highest BCUT2D eigenvalue weighted by Crippen LogP contribution is 2.32. The van der Waals surface area contributed by atoms with E-state index < -0.39 is 5.76 Å². The molecule has 0 spiro atoms. The Morgan fingerprint density at radius 1 is 1.20 bits per heavy atom. The van der Waals surface area contributed by atoms with Crippen LogP contribution >= 0.6 is 24.0 Å². The van der Waals surface area contributed by atoms with Gasteiger partial charge in [0.2, 0.25) is 0 Å². The maximum Gasteiger partial charge on any atom is 0.288 e. The van der Waals surface area contributed by atoms with Gasteiger partial charge in [-0.05, 0) is 36.5 Å². The van der Waals surface area contributed by atoms with Crippen LogP contribution in [-0.4, -0.2) is 20.3 Å². The molecular weight excluding hydrogens is 300 g/mol. The zero-order valence-corrected chi connectivity index (χ0v) is 11.7. The van der Waals surface area contributed by atoms with Gasteiger partial charge in [-0.3, -0.25) is 4.57 Å². The molecule has 0 amide bonds. The van der Waals surface area contributed by atoms with Crippen LogP contribution in [0.2, 0.25) is 0 Å².